The normalized spacial score (nSPS) is 24.6. The Kier molecular flexibility index (Phi) is 4.04. The van der Waals surface area contributed by atoms with E-state index in [4.69, 9.17) is 14.9 Å². The van der Waals surface area contributed by atoms with Gasteiger partial charge in [0, 0.05) is 26.1 Å². The maximum absolute atomic E-state index is 12.0. The highest BCUT2D eigenvalue weighted by molar-refractivity contribution is 5.77. The maximum Gasteiger partial charge on any atom is 0.223 e. The molecule has 1 aromatic heterocycles. The second kappa shape index (κ2) is 5.54. The Bertz CT molecular complexity index is 416. The van der Waals surface area contributed by atoms with Crippen LogP contribution in [0.4, 0.5) is 0 Å². The van der Waals surface area contributed by atoms with Gasteiger partial charge in [-0.15, -0.1) is 0 Å². The second-order valence-electron chi connectivity index (χ2n) is 4.70. The number of nitrogens with two attached hydrogens (primary N) is 1. The topological polar surface area (TPSA) is 68.7 Å². The standard InChI is InChI=1S/C13H20N2O3/c1-9-5-7-18-13(9)12-10(14)3-4-11(16)15(12)6-8-17-2/h5,7,10,12H,3-4,6,8,14H2,1-2H3. The molecule has 2 heterocycles. The number of amides is 1. The summed E-state index contributed by atoms with van der Waals surface area (Å²) in [4.78, 5) is 13.8. The van der Waals surface area contributed by atoms with Crippen molar-refractivity contribution in [1.29, 1.82) is 0 Å². The van der Waals surface area contributed by atoms with Crippen molar-refractivity contribution in [3.8, 4) is 0 Å². The molecule has 2 N–H and O–H groups in total. The molecule has 0 aromatic carbocycles. The number of furan rings is 1. The first kappa shape index (κ1) is 13.1. The van der Waals surface area contributed by atoms with Crippen molar-refractivity contribution in [3.63, 3.8) is 0 Å². The minimum atomic E-state index is -0.170. The van der Waals surface area contributed by atoms with Crippen LogP contribution in [0.1, 0.15) is 30.2 Å². The van der Waals surface area contributed by atoms with Crippen LogP contribution in [-0.4, -0.2) is 37.1 Å². The Labute approximate surface area is 107 Å². The zero-order valence-electron chi connectivity index (χ0n) is 10.9. The number of hydrogen-bond acceptors (Lipinski definition) is 4. The molecule has 2 rings (SSSR count). The third-order valence-electron chi connectivity index (χ3n) is 3.46. The van der Waals surface area contributed by atoms with Crippen molar-refractivity contribution in [3.05, 3.63) is 23.7 Å². The molecule has 0 bridgehead atoms. The van der Waals surface area contributed by atoms with E-state index in [2.05, 4.69) is 0 Å². The number of methoxy groups -OCH3 is 1. The van der Waals surface area contributed by atoms with E-state index in [1.165, 1.54) is 0 Å². The van der Waals surface area contributed by atoms with Gasteiger partial charge in [-0.1, -0.05) is 0 Å². The average molecular weight is 252 g/mol. The molecule has 1 saturated heterocycles. The quantitative estimate of drug-likeness (QED) is 0.875. The van der Waals surface area contributed by atoms with Gasteiger partial charge < -0.3 is 19.8 Å². The van der Waals surface area contributed by atoms with E-state index >= 15 is 0 Å². The first-order chi connectivity index (χ1) is 8.65. The van der Waals surface area contributed by atoms with E-state index in [1.807, 2.05) is 13.0 Å². The van der Waals surface area contributed by atoms with Gasteiger partial charge in [-0.05, 0) is 25.0 Å². The van der Waals surface area contributed by atoms with Gasteiger partial charge in [0.25, 0.3) is 0 Å². The lowest BCUT2D eigenvalue weighted by Crippen LogP contribution is -2.49. The lowest BCUT2D eigenvalue weighted by atomic mass is 9.93. The molecular formula is C13H20N2O3. The van der Waals surface area contributed by atoms with Gasteiger partial charge in [0.15, 0.2) is 0 Å². The molecule has 2 unspecified atom stereocenters. The van der Waals surface area contributed by atoms with Crippen molar-refractivity contribution in [2.24, 2.45) is 5.73 Å². The van der Waals surface area contributed by atoms with Gasteiger partial charge >= 0.3 is 0 Å². The predicted octanol–water partition coefficient (Wildman–Crippen LogP) is 1.23. The number of likely N-dealkylation sites (tertiary alicyclic amines) is 1. The Balaban J connectivity index is 2.26. The Morgan fingerprint density at radius 2 is 2.39 bits per heavy atom. The van der Waals surface area contributed by atoms with Gasteiger partial charge in [-0.2, -0.15) is 0 Å². The van der Waals surface area contributed by atoms with Crippen LogP contribution in [0.5, 0.6) is 0 Å². The highest BCUT2D eigenvalue weighted by Gasteiger charge is 2.37. The van der Waals surface area contributed by atoms with Crippen LogP contribution < -0.4 is 5.73 Å². The Hall–Kier alpha value is -1.33. The zero-order chi connectivity index (χ0) is 13.1. The molecule has 5 nitrogen and oxygen atoms in total. The lowest BCUT2D eigenvalue weighted by molar-refractivity contribution is -0.138. The molecule has 1 aliphatic rings. The molecule has 1 fully saturated rings. The van der Waals surface area contributed by atoms with Gasteiger partial charge in [-0.25, -0.2) is 0 Å². The molecule has 0 saturated carbocycles. The third kappa shape index (κ3) is 2.42. The summed E-state index contributed by atoms with van der Waals surface area (Å²) in [5.74, 6) is 0.918. The van der Waals surface area contributed by atoms with E-state index in [0.717, 1.165) is 11.3 Å². The number of carbonyl (C=O) groups excluding carboxylic acids is 1. The van der Waals surface area contributed by atoms with Crippen molar-refractivity contribution < 1.29 is 13.9 Å². The van der Waals surface area contributed by atoms with Gasteiger partial charge in [0.1, 0.15) is 11.8 Å². The third-order valence-corrected chi connectivity index (χ3v) is 3.46. The van der Waals surface area contributed by atoms with Gasteiger partial charge in [0.05, 0.1) is 12.9 Å². The summed E-state index contributed by atoms with van der Waals surface area (Å²) in [5.41, 5.74) is 7.20. The molecule has 18 heavy (non-hydrogen) atoms. The number of carbonyl (C=O) groups is 1. The molecule has 1 aromatic rings. The smallest absolute Gasteiger partial charge is 0.223 e. The van der Waals surface area contributed by atoms with E-state index in [1.54, 1.807) is 18.3 Å². The molecule has 0 aliphatic carbocycles. The zero-order valence-corrected chi connectivity index (χ0v) is 10.9. The molecule has 1 amide bonds. The average Bonchev–Trinajstić information content (AvgIpc) is 2.76. The number of nitrogens with zero attached hydrogens (tertiary/aromatic N) is 1. The summed E-state index contributed by atoms with van der Waals surface area (Å²) in [6, 6.07) is 1.65. The van der Waals surface area contributed by atoms with E-state index < -0.39 is 0 Å². The SMILES string of the molecule is COCCN1C(=O)CCC(N)C1c1occc1C. The molecule has 1 aliphatic heterocycles. The number of hydrogen-bond donors (Lipinski definition) is 1. The summed E-state index contributed by atoms with van der Waals surface area (Å²) >= 11 is 0. The van der Waals surface area contributed by atoms with Crippen LogP contribution >= 0.6 is 0 Å². The number of aryl methyl sites for hydroxylation is 1. The van der Waals surface area contributed by atoms with E-state index in [-0.39, 0.29) is 18.0 Å². The lowest BCUT2D eigenvalue weighted by Gasteiger charge is -2.38. The van der Waals surface area contributed by atoms with Crippen molar-refractivity contribution in [2.45, 2.75) is 31.8 Å². The van der Waals surface area contributed by atoms with Crippen molar-refractivity contribution in [1.82, 2.24) is 4.90 Å². The highest BCUT2D eigenvalue weighted by Crippen LogP contribution is 2.32. The van der Waals surface area contributed by atoms with Crippen LogP contribution in [0.2, 0.25) is 0 Å². The second-order valence-corrected chi connectivity index (χ2v) is 4.70. The first-order valence-electron chi connectivity index (χ1n) is 6.23. The summed E-state index contributed by atoms with van der Waals surface area (Å²) in [6.07, 6.45) is 2.85. The molecule has 5 heteroatoms. The monoisotopic (exact) mass is 252 g/mol. The Morgan fingerprint density at radius 1 is 1.61 bits per heavy atom. The largest absolute Gasteiger partial charge is 0.467 e. The fourth-order valence-corrected chi connectivity index (χ4v) is 2.45. The summed E-state index contributed by atoms with van der Waals surface area (Å²) in [5, 5.41) is 0. The van der Waals surface area contributed by atoms with E-state index in [0.29, 0.717) is 26.0 Å². The molecule has 0 spiro atoms. The van der Waals surface area contributed by atoms with Crippen molar-refractivity contribution >= 4 is 5.91 Å². The minimum Gasteiger partial charge on any atom is -0.467 e. The maximum atomic E-state index is 12.0. The van der Waals surface area contributed by atoms with Crippen molar-refractivity contribution in [2.75, 3.05) is 20.3 Å². The molecule has 2 atom stereocenters. The van der Waals surface area contributed by atoms with Gasteiger partial charge in [-0.3, -0.25) is 4.79 Å². The van der Waals surface area contributed by atoms with Crippen LogP contribution in [0.3, 0.4) is 0 Å². The number of ether oxygens (including phenoxy) is 1. The van der Waals surface area contributed by atoms with E-state index in [9.17, 15) is 4.79 Å². The fraction of sp³-hybridized carbons (Fsp3) is 0.615. The predicted molar refractivity (Wildman–Crippen MR) is 67.0 cm³/mol. The highest BCUT2D eigenvalue weighted by atomic mass is 16.5. The van der Waals surface area contributed by atoms with Crippen LogP contribution in [-0.2, 0) is 9.53 Å². The van der Waals surface area contributed by atoms with Crippen LogP contribution in [0.25, 0.3) is 0 Å². The summed E-state index contributed by atoms with van der Waals surface area (Å²) in [6.45, 7) is 3.03. The Morgan fingerprint density at radius 3 is 3.00 bits per heavy atom. The molecule has 0 radical (unpaired) electrons. The summed E-state index contributed by atoms with van der Waals surface area (Å²) < 4.78 is 10.6. The number of rotatable bonds is 4. The summed E-state index contributed by atoms with van der Waals surface area (Å²) in [7, 11) is 1.63. The molecular weight excluding hydrogens is 232 g/mol. The van der Waals surface area contributed by atoms with Crippen LogP contribution in [0.15, 0.2) is 16.7 Å². The number of piperidine rings is 1. The molecule has 100 valence electrons. The van der Waals surface area contributed by atoms with Crippen LogP contribution in [0, 0.1) is 6.92 Å². The van der Waals surface area contributed by atoms with Gasteiger partial charge in [0.2, 0.25) is 5.91 Å². The fourth-order valence-electron chi connectivity index (χ4n) is 2.45. The first-order valence-corrected chi connectivity index (χ1v) is 6.23. The minimum absolute atomic E-state index is 0.0793.